The zero-order valence-corrected chi connectivity index (χ0v) is 30.4. The number of imidazole rings is 2. The maximum Gasteiger partial charge on any atom is 0.490 e. The van der Waals surface area contributed by atoms with Crippen molar-refractivity contribution in [1.29, 1.82) is 0 Å². The van der Waals surface area contributed by atoms with Gasteiger partial charge in [-0.3, -0.25) is 33.2 Å². The van der Waals surface area contributed by atoms with E-state index in [4.69, 9.17) is 36.6 Å². The summed E-state index contributed by atoms with van der Waals surface area (Å²) in [6.45, 7) is -2.49. The number of nitrogen functional groups attached to an aromatic ring is 2. The van der Waals surface area contributed by atoms with Gasteiger partial charge in [0.2, 0.25) is 24.5 Å². The van der Waals surface area contributed by atoms with Crippen molar-refractivity contribution in [3.63, 3.8) is 0 Å². The molecule has 300 valence electrons. The SMILES string of the molecule is C#CCOC1[C@@H](COP(=O)(O)OP(=O)(O)OP(=O)(O)OC[C@H]2O[C@@H](n3cnc4c(=O)[nH]c(N)nc43)[C@@H](O)C2O)O[C@@H](n2c[n+](C)c3c(=O)[nH]c(N)nc32)[C@H]1O. The van der Waals surface area contributed by atoms with Gasteiger partial charge in [-0.1, -0.05) is 5.92 Å². The third-order valence-corrected chi connectivity index (χ3v) is 12.3. The molecule has 2 aliphatic heterocycles. The monoisotopic (exact) mass is 841 g/mol. The van der Waals surface area contributed by atoms with E-state index in [1.165, 1.54) is 22.5 Å². The summed E-state index contributed by atoms with van der Waals surface area (Å²) in [6.07, 6.45) is -4.92. The van der Waals surface area contributed by atoms with Crippen LogP contribution in [-0.2, 0) is 52.6 Å². The Balaban J connectivity index is 1.08. The second-order valence-corrected chi connectivity index (χ2v) is 16.4. The zero-order chi connectivity index (χ0) is 40.2. The fourth-order valence-electron chi connectivity index (χ4n) is 5.77. The molecular weight excluding hydrogens is 809 g/mol. The van der Waals surface area contributed by atoms with Gasteiger partial charge in [0.25, 0.3) is 16.7 Å². The number of aliphatic hydroxyl groups excluding tert-OH is 3. The highest BCUT2D eigenvalue weighted by molar-refractivity contribution is 7.66. The number of phosphoric ester groups is 2. The molecule has 12 N–H and O–H groups in total. The van der Waals surface area contributed by atoms with Crippen molar-refractivity contribution in [2.75, 3.05) is 31.3 Å². The summed E-state index contributed by atoms with van der Waals surface area (Å²) in [6, 6.07) is 0. The fourth-order valence-corrected chi connectivity index (χ4v) is 9.29. The van der Waals surface area contributed by atoms with Crippen LogP contribution in [0.4, 0.5) is 11.9 Å². The van der Waals surface area contributed by atoms with Crippen molar-refractivity contribution in [3.05, 3.63) is 33.4 Å². The third kappa shape index (κ3) is 8.43. The maximum absolute atomic E-state index is 12.7. The predicted octanol–water partition coefficient (Wildman–Crippen LogP) is -3.89. The van der Waals surface area contributed by atoms with Crippen molar-refractivity contribution >= 4 is 57.7 Å². The van der Waals surface area contributed by atoms with Gasteiger partial charge in [-0.15, -0.1) is 6.42 Å². The number of aryl methyl sites for hydroxylation is 1. The highest BCUT2D eigenvalue weighted by atomic mass is 31.3. The number of nitrogens with one attached hydrogen (secondary N) is 2. The number of hydrogen-bond donors (Lipinski definition) is 10. The fraction of sp³-hybridized carbons (Fsp3) is 0.500. The van der Waals surface area contributed by atoms with E-state index in [-0.39, 0.29) is 34.2 Å². The summed E-state index contributed by atoms with van der Waals surface area (Å²) in [5, 5.41) is 32.1. The lowest BCUT2D eigenvalue weighted by molar-refractivity contribution is -0.646. The highest BCUT2D eigenvalue weighted by Crippen LogP contribution is 2.68. The predicted molar refractivity (Wildman–Crippen MR) is 176 cm³/mol. The molecule has 6 heterocycles. The topological polar surface area (TPSA) is 407 Å². The van der Waals surface area contributed by atoms with Gasteiger partial charge in [0.1, 0.15) is 43.2 Å². The van der Waals surface area contributed by atoms with Gasteiger partial charge in [-0.2, -0.15) is 23.2 Å². The van der Waals surface area contributed by atoms with E-state index in [0.717, 1.165) is 10.9 Å². The molecule has 2 aliphatic rings. The number of aliphatic hydroxyl groups is 3. The summed E-state index contributed by atoms with van der Waals surface area (Å²) in [7, 11) is -15.9. The first-order valence-electron chi connectivity index (χ1n) is 15.3. The summed E-state index contributed by atoms with van der Waals surface area (Å²) < 4.78 is 75.8. The standard InChI is InChI=1S/C24H31N10O18P3/c1-3-4-46-16-10(50-22(15(16)37)34-8-32(2)12-18(34)29-24(26)31-20(12)39)6-48-54(42,43)52-55(44,45)51-53(40,41)47-5-9-13(35)14(36)21(49-9)33-7-27-11-17(33)28-23(25)30-19(11)38/h1,7-10,13-16,21-22,35-37H,4-6H2,2H3,(H8-,25,26,28,29,30,31,38,39,40,41,42,43,44,45)/p+1/t9-,10-,13?,14+,15+,16?,21-,22-/m1/s1. The first-order valence-corrected chi connectivity index (χ1v) is 19.8. The number of hydrogen-bond acceptors (Lipinski definition) is 20. The molecule has 0 spiro atoms. The molecule has 4 aromatic rings. The molecule has 0 aromatic carbocycles. The number of rotatable bonds is 14. The molecule has 11 atom stereocenters. The van der Waals surface area contributed by atoms with E-state index in [1.807, 2.05) is 0 Å². The second kappa shape index (κ2) is 15.2. The number of fused-ring (bicyclic) bond motifs is 2. The number of anilines is 2. The molecule has 2 saturated heterocycles. The largest absolute Gasteiger partial charge is 0.490 e. The molecule has 55 heavy (non-hydrogen) atoms. The van der Waals surface area contributed by atoms with E-state index in [1.54, 1.807) is 0 Å². The van der Waals surface area contributed by atoms with Crippen LogP contribution in [0.3, 0.4) is 0 Å². The van der Waals surface area contributed by atoms with E-state index in [0.29, 0.717) is 0 Å². The van der Waals surface area contributed by atoms with E-state index >= 15 is 0 Å². The minimum atomic E-state index is -6.01. The Labute approximate surface area is 305 Å². The Morgan fingerprint density at radius 1 is 0.873 bits per heavy atom. The highest BCUT2D eigenvalue weighted by Gasteiger charge is 2.51. The van der Waals surface area contributed by atoms with Gasteiger partial charge in [-0.25, -0.2) is 23.2 Å². The Hall–Kier alpha value is -3.97. The normalized spacial score (nSPS) is 28.9. The molecule has 4 aromatic heterocycles. The molecule has 0 bridgehead atoms. The van der Waals surface area contributed by atoms with Gasteiger partial charge < -0.3 is 55.7 Å². The van der Waals surface area contributed by atoms with Crippen molar-refractivity contribution in [2.24, 2.45) is 7.05 Å². The number of phosphoric acid groups is 3. The van der Waals surface area contributed by atoms with Gasteiger partial charge >= 0.3 is 29.0 Å². The van der Waals surface area contributed by atoms with Crippen molar-refractivity contribution < 1.29 is 80.1 Å². The van der Waals surface area contributed by atoms with Crippen LogP contribution in [0.2, 0.25) is 0 Å². The lowest BCUT2D eigenvalue weighted by Gasteiger charge is -2.22. The number of aromatic nitrogens is 8. The summed E-state index contributed by atoms with van der Waals surface area (Å²) >= 11 is 0. The smallest absolute Gasteiger partial charge is 0.387 e. The Bertz CT molecular complexity index is 2410. The molecule has 0 saturated carbocycles. The summed E-state index contributed by atoms with van der Waals surface area (Å²) in [4.78, 5) is 71.3. The number of H-pyrrole nitrogens is 2. The molecule has 0 aliphatic carbocycles. The average molecular weight is 841 g/mol. The van der Waals surface area contributed by atoms with Gasteiger partial charge in [0.15, 0.2) is 17.4 Å². The zero-order valence-electron chi connectivity index (χ0n) is 27.7. The second-order valence-electron chi connectivity index (χ2n) is 11.8. The van der Waals surface area contributed by atoms with Gasteiger partial charge in [-0.05, 0) is 0 Å². The first-order chi connectivity index (χ1) is 25.7. The number of terminal acetylenes is 1. The molecule has 31 heteroatoms. The molecule has 6 rings (SSSR count). The number of nitrogens with two attached hydrogens (primary N) is 2. The third-order valence-electron chi connectivity index (χ3n) is 8.01. The van der Waals surface area contributed by atoms with E-state index in [2.05, 4.69) is 44.0 Å². The van der Waals surface area contributed by atoms with Crippen molar-refractivity contribution in [2.45, 2.75) is 49.1 Å². The number of ether oxygens (including phenoxy) is 3. The number of aromatic amines is 2. The van der Waals surface area contributed by atoms with Gasteiger partial charge in [0, 0.05) is 0 Å². The van der Waals surface area contributed by atoms with Crippen LogP contribution in [0.15, 0.2) is 22.2 Å². The Morgan fingerprint density at radius 2 is 1.44 bits per heavy atom. The molecule has 2 fully saturated rings. The van der Waals surface area contributed by atoms with Crippen LogP contribution in [0.5, 0.6) is 0 Å². The van der Waals surface area contributed by atoms with E-state index < -0.39 is 103 Å². The van der Waals surface area contributed by atoms with Crippen LogP contribution in [0, 0.1) is 12.3 Å². The first kappa shape index (κ1) is 40.7. The maximum atomic E-state index is 12.7. The Kier molecular flexibility index (Phi) is 11.2. The molecule has 28 nitrogen and oxygen atoms in total. The molecular formula is C24H32N10O18P3+. The minimum Gasteiger partial charge on any atom is -0.387 e. The van der Waals surface area contributed by atoms with Crippen LogP contribution in [-0.4, -0.2) is 120 Å². The van der Waals surface area contributed by atoms with Crippen molar-refractivity contribution in [1.82, 2.24) is 34.1 Å². The minimum absolute atomic E-state index is 0.0298. The quantitative estimate of drug-likeness (QED) is 0.0329. The summed E-state index contributed by atoms with van der Waals surface area (Å²) in [5.41, 5.74) is 9.53. The molecule has 5 unspecified atom stereocenters. The molecule has 0 amide bonds. The summed E-state index contributed by atoms with van der Waals surface area (Å²) in [5.74, 6) is 1.59. The van der Waals surface area contributed by atoms with E-state index in [9.17, 15) is 53.3 Å². The molecule has 0 radical (unpaired) electrons. The number of nitrogens with zero attached hydrogens (tertiary/aromatic N) is 6. The van der Waals surface area contributed by atoms with Crippen LogP contribution < -0.4 is 27.2 Å². The average Bonchev–Trinajstić information content (AvgIpc) is 3.80. The van der Waals surface area contributed by atoms with Crippen molar-refractivity contribution in [3.8, 4) is 12.3 Å². The van der Waals surface area contributed by atoms with Crippen LogP contribution in [0.1, 0.15) is 12.5 Å². The lowest BCUT2D eigenvalue weighted by Crippen LogP contribution is -2.37. The lowest BCUT2D eigenvalue weighted by atomic mass is 10.1. The van der Waals surface area contributed by atoms with Crippen LogP contribution in [0.25, 0.3) is 22.3 Å². The van der Waals surface area contributed by atoms with Crippen LogP contribution >= 0.6 is 23.5 Å². The Morgan fingerprint density at radius 3 is 2.07 bits per heavy atom. The van der Waals surface area contributed by atoms with Gasteiger partial charge in [0.05, 0.1) is 26.6 Å².